The number of carbonyl (C=O) groups excluding carboxylic acids is 1. The molecule has 22 heavy (non-hydrogen) atoms. The van der Waals surface area contributed by atoms with Crippen LogP contribution in [0.3, 0.4) is 0 Å². The Morgan fingerprint density at radius 3 is 2.91 bits per heavy atom. The molecule has 0 unspecified atom stereocenters. The Morgan fingerprint density at radius 1 is 1.27 bits per heavy atom. The summed E-state index contributed by atoms with van der Waals surface area (Å²) in [6, 6.07) is 8.32. The highest BCUT2D eigenvalue weighted by Gasteiger charge is 2.15. The van der Waals surface area contributed by atoms with E-state index in [0.29, 0.717) is 12.6 Å². The van der Waals surface area contributed by atoms with Crippen LogP contribution in [0.2, 0.25) is 0 Å². The molecule has 0 spiro atoms. The van der Waals surface area contributed by atoms with Gasteiger partial charge >= 0.3 is 6.03 Å². The summed E-state index contributed by atoms with van der Waals surface area (Å²) in [5, 5.41) is 8.05. The molecule has 0 aliphatic heterocycles. The van der Waals surface area contributed by atoms with Crippen molar-refractivity contribution < 1.29 is 4.79 Å². The first-order valence-corrected chi connectivity index (χ1v) is 8.72. The smallest absolute Gasteiger partial charge is 0.315 e. The molecule has 0 saturated heterocycles. The van der Waals surface area contributed by atoms with Crippen LogP contribution in [0.5, 0.6) is 0 Å². The maximum atomic E-state index is 12.0. The summed E-state index contributed by atoms with van der Waals surface area (Å²) < 4.78 is 0. The van der Waals surface area contributed by atoms with Gasteiger partial charge in [0.05, 0.1) is 10.6 Å². The minimum atomic E-state index is -0.0682. The molecule has 1 aliphatic rings. The van der Waals surface area contributed by atoms with Crippen molar-refractivity contribution in [2.24, 2.45) is 0 Å². The van der Waals surface area contributed by atoms with Crippen LogP contribution >= 0.6 is 11.3 Å². The van der Waals surface area contributed by atoms with E-state index >= 15 is 0 Å². The predicted molar refractivity (Wildman–Crippen MR) is 89.8 cm³/mol. The maximum absolute atomic E-state index is 12.0. The second-order valence-electron chi connectivity index (χ2n) is 5.69. The van der Waals surface area contributed by atoms with E-state index in [4.69, 9.17) is 0 Å². The number of pyridine rings is 1. The van der Waals surface area contributed by atoms with Crippen molar-refractivity contribution in [1.29, 1.82) is 0 Å². The molecule has 3 rings (SSSR count). The first-order valence-electron chi connectivity index (χ1n) is 7.84. The molecule has 2 aromatic heterocycles. The van der Waals surface area contributed by atoms with Crippen molar-refractivity contribution in [2.75, 3.05) is 0 Å². The molecule has 116 valence electrons. The molecule has 0 aromatic carbocycles. The van der Waals surface area contributed by atoms with Gasteiger partial charge < -0.3 is 10.6 Å². The van der Waals surface area contributed by atoms with E-state index < -0.39 is 0 Å². The van der Waals surface area contributed by atoms with Gasteiger partial charge in [0.2, 0.25) is 0 Å². The molecule has 2 N–H and O–H groups in total. The second kappa shape index (κ2) is 7.40. The lowest BCUT2D eigenvalue weighted by Crippen LogP contribution is -2.42. The zero-order chi connectivity index (χ0) is 15.2. The molecule has 1 aliphatic carbocycles. The average Bonchev–Trinajstić information content (AvgIpc) is 3.09. The fourth-order valence-corrected chi connectivity index (χ4v) is 3.50. The van der Waals surface area contributed by atoms with E-state index in [-0.39, 0.29) is 6.03 Å². The fourth-order valence-electron chi connectivity index (χ4n) is 2.81. The van der Waals surface area contributed by atoms with E-state index in [2.05, 4.69) is 21.7 Å². The number of nitrogens with one attached hydrogen (secondary N) is 2. The number of urea groups is 1. The second-order valence-corrected chi connectivity index (χ2v) is 6.64. The number of nitrogens with zero attached hydrogens (tertiary/aromatic N) is 1. The number of thiophene rings is 1. The standard InChI is InChI=1S/C17H21N3OS/c21-17(20-14-5-2-1-3-6-14)19-12-13-8-9-18-15(11-13)16-7-4-10-22-16/h4,7-11,14H,1-3,5-6,12H2,(H2,19,20,21). The van der Waals surface area contributed by atoms with Crippen molar-refractivity contribution in [1.82, 2.24) is 15.6 Å². The van der Waals surface area contributed by atoms with Crippen LogP contribution in [0.15, 0.2) is 35.8 Å². The van der Waals surface area contributed by atoms with Gasteiger partial charge in [-0.05, 0) is 42.0 Å². The van der Waals surface area contributed by atoms with Gasteiger partial charge in [0.15, 0.2) is 0 Å². The lowest BCUT2D eigenvalue weighted by molar-refractivity contribution is 0.232. The Bertz CT molecular complexity index is 606. The topological polar surface area (TPSA) is 54.0 Å². The third-order valence-corrected chi connectivity index (χ3v) is 4.88. The molecule has 2 heterocycles. The van der Waals surface area contributed by atoms with Gasteiger partial charge in [-0.2, -0.15) is 0 Å². The number of hydrogen-bond acceptors (Lipinski definition) is 3. The lowest BCUT2D eigenvalue weighted by atomic mass is 9.96. The molecule has 0 radical (unpaired) electrons. The summed E-state index contributed by atoms with van der Waals surface area (Å²) >= 11 is 1.67. The van der Waals surface area contributed by atoms with E-state index in [1.165, 1.54) is 19.3 Å². The minimum absolute atomic E-state index is 0.0682. The highest BCUT2D eigenvalue weighted by Crippen LogP contribution is 2.23. The zero-order valence-corrected chi connectivity index (χ0v) is 13.4. The van der Waals surface area contributed by atoms with E-state index in [1.54, 1.807) is 17.5 Å². The molecule has 1 fully saturated rings. The summed E-state index contributed by atoms with van der Waals surface area (Å²) in [5.74, 6) is 0. The molecule has 1 saturated carbocycles. The van der Waals surface area contributed by atoms with Crippen LogP contribution in [0.4, 0.5) is 4.79 Å². The van der Waals surface area contributed by atoms with Crippen LogP contribution in [-0.2, 0) is 6.54 Å². The number of rotatable bonds is 4. The van der Waals surface area contributed by atoms with Crippen LogP contribution in [-0.4, -0.2) is 17.1 Å². The molecule has 0 atom stereocenters. The molecular weight excluding hydrogens is 294 g/mol. The Hall–Kier alpha value is -1.88. The molecule has 2 amide bonds. The van der Waals surface area contributed by atoms with E-state index in [0.717, 1.165) is 29.0 Å². The summed E-state index contributed by atoms with van der Waals surface area (Å²) in [4.78, 5) is 17.5. The average molecular weight is 315 g/mol. The molecule has 2 aromatic rings. The third kappa shape index (κ3) is 4.07. The van der Waals surface area contributed by atoms with E-state index in [1.807, 2.05) is 23.6 Å². The third-order valence-electron chi connectivity index (χ3n) is 3.99. The van der Waals surface area contributed by atoms with Crippen molar-refractivity contribution in [2.45, 2.75) is 44.7 Å². The first-order chi connectivity index (χ1) is 10.8. The normalized spacial score (nSPS) is 15.5. The molecular formula is C17H21N3OS. The SMILES string of the molecule is O=C(NCc1ccnc(-c2cccs2)c1)NC1CCCCC1. The van der Waals surface area contributed by atoms with Gasteiger partial charge in [-0.3, -0.25) is 4.98 Å². The van der Waals surface area contributed by atoms with Crippen molar-refractivity contribution in [3.05, 3.63) is 41.4 Å². The Labute approximate surface area is 135 Å². The maximum Gasteiger partial charge on any atom is 0.315 e. The van der Waals surface area contributed by atoms with Gasteiger partial charge in [-0.25, -0.2) is 4.79 Å². The summed E-state index contributed by atoms with van der Waals surface area (Å²) in [6.07, 6.45) is 7.74. The number of hydrogen-bond donors (Lipinski definition) is 2. The van der Waals surface area contributed by atoms with Crippen molar-refractivity contribution in [3.63, 3.8) is 0 Å². The summed E-state index contributed by atoms with van der Waals surface area (Å²) in [5.41, 5.74) is 2.03. The van der Waals surface area contributed by atoms with Gasteiger partial charge in [0.1, 0.15) is 0 Å². The van der Waals surface area contributed by atoms with E-state index in [9.17, 15) is 4.79 Å². The van der Waals surface area contributed by atoms with Gasteiger partial charge in [0, 0.05) is 18.8 Å². The largest absolute Gasteiger partial charge is 0.335 e. The van der Waals surface area contributed by atoms with Crippen LogP contribution in [0.25, 0.3) is 10.6 Å². The highest BCUT2D eigenvalue weighted by atomic mass is 32.1. The van der Waals surface area contributed by atoms with Gasteiger partial charge in [-0.1, -0.05) is 25.3 Å². The number of amides is 2. The van der Waals surface area contributed by atoms with Crippen LogP contribution in [0, 0.1) is 0 Å². The van der Waals surface area contributed by atoms with Crippen molar-refractivity contribution >= 4 is 17.4 Å². The number of carbonyl (C=O) groups is 1. The quantitative estimate of drug-likeness (QED) is 0.898. The Morgan fingerprint density at radius 2 is 2.14 bits per heavy atom. The minimum Gasteiger partial charge on any atom is -0.335 e. The van der Waals surface area contributed by atoms with Crippen molar-refractivity contribution in [3.8, 4) is 10.6 Å². The molecule has 4 nitrogen and oxygen atoms in total. The summed E-state index contributed by atoms with van der Waals surface area (Å²) in [6.45, 7) is 0.527. The van der Waals surface area contributed by atoms with Crippen LogP contribution in [0.1, 0.15) is 37.7 Å². The van der Waals surface area contributed by atoms with Gasteiger partial charge in [-0.15, -0.1) is 11.3 Å². The Balaban J connectivity index is 1.52. The van der Waals surface area contributed by atoms with Gasteiger partial charge in [0.25, 0.3) is 0 Å². The number of aromatic nitrogens is 1. The zero-order valence-electron chi connectivity index (χ0n) is 12.5. The van der Waals surface area contributed by atoms with Crippen LogP contribution < -0.4 is 10.6 Å². The lowest BCUT2D eigenvalue weighted by Gasteiger charge is -2.22. The fraction of sp³-hybridized carbons (Fsp3) is 0.412. The molecule has 0 bridgehead atoms. The predicted octanol–water partition coefficient (Wildman–Crippen LogP) is 3.94. The Kier molecular flexibility index (Phi) is 5.06. The monoisotopic (exact) mass is 315 g/mol. The highest BCUT2D eigenvalue weighted by molar-refractivity contribution is 7.13. The molecule has 5 heteroatoms. The first kappa shape index (κ1) is 15.0. The summed E-state index contributed by atoms with van der Waals surface area (Å²) in [7, 11) is 0.